The van der Waals surface area contributed by atoms with Crippen molar-refractivity contribution in [1.82, 2.24) is 4.90 Å². The molecule has 0 saturated carbocycles. The molecule has 154 valence electrons. The number of halogens is 1. The van der Waals surface area contributed by atoms with Crippen molar-refractivity contribution in [2.75, 3.05) is 20.8 Å². The fraction of sp³-hybridized carbons (Fsp3) is 0.200. The van der Waals surface area contributed by atoms with E-state index >= 15 is 0 Å². The lowest BCUT2D eigenvalue weighted by Crippen LogP contribution is -2.56. The van der Waals surface area contributed by atoms with Gasteiger partial charge in [0.15, 0.2) is 11.5 Å². The van der Waals surface area contributed by atoms with Crippen LogP contribution in [-0.2, 0) is 12.0 Å². The summed E-state index contributed by atoms with van der Waals surface area (Å²) < 4.78 is 11.2. The molecule has 1 atom stereocenters. The van der Waals surface area contributed by atoms with Gasteiger partial charge in [-0.3, -0.25) is 0 Å². The van der Waals surface area contributed by atoms with Gasteiger partial charge in [0, 0.05) is 17.1 Å². The summed E-state index contributed by atoms with van der Waals surface area (Å²) in [6.07, 6.45) is 0.751. The SMILES string of the molecule is COc1cc2c(cc1OC)C1(c3ccccc3)c3cc(Cl)ccc3N=C(C#N)N1CC2. The van der Waals surface area contributed by atoms with E-state index in [0.717, 1.165) is 34.4 Å². The maximum atomic E-state index is 10.0. The Morgan fingerprint density at radius 3 is 2.45 bits per heavy atom. The number of nitrogens with zero attached hydrogens (tertiary/aromatic N) is 3. The normalized spacial score (nSPS) is 18.8. The fourth-order valence-corrected chi connectivity index (χ4v) is 5.04. The summed E-state index contributed by atoms with van der Waals surface area (Å²) in [5.74, 6) is 1.72. The van der Waals surface area contributed by atoms with Crippen LogP contribution in [0.4, 0.5) is 5.69 Å². The third-order valence-electron chi connectivity index (χ3n) is 6.13. The van der Waals surface area contributed by atoms with E-state index in [9.17, 15) is 5.26 Å². The van der Waals surface area contributed by atoms with Crippen molar-refractivity contribution < 1.29 is 9.47 Å². The molecule has 0 amide bonds. The topological polar surface area (TPSA) is 57.9 Å². The molecule has 0 saturated heterocycles. The van der Waals surface area contributed by atoms with Gasteiger partial charge in [0.1, 0.15) is 11.6 Å². The van der Waals surface area contributed by atoms with E-state index < -0.39 is 5.54 Å². The Bertz CT molecular complexity index is 1250. The van der Waals surface area contributed by atoms with Crippen molar-refractivity contribution in [2.45, 2.75) is 12.0 Å². The summed E-state index contributed by atoms with van der Waals surface area (Å²) in [4.78, 5) is 6.77. The first-order valence-corrected chi connectivity index (χ1v) is 10.4. The predicted molar refractivity (Wildman–Crippen MR) is 120 cm³/mol. The lowest BCUT2D eigenvalue weighted by molar-refractivity contribution is 0.244. The predicted octanol–water partition coefficient (Wildman–Crippen LogP) is 5.07. The van der Waals surface area contributed by atoms with Gasteiger partial charge in [-0.2, -0.15) is 5.26 Å². The number of aliphatic imine (C=N–C) groups is 1. The molecule has 0 aliphatic carbocycles. The van der Waals surface area contributed by atoms with Gasteiger partial charge in [0.2, 0.25) is 5.84 Å². The van der Waals surface area contributed by atoms with E-state index in [1.165, 1.54) is 0 Å². The highest BCUT2D eigenvalue weighted by Gasteiger charge is 2.51. The van der Waals surface area contributed by atoms with Crippen molar-refractivity contribution in [3.63, 3.8) is 0 Å². The molecular formula is C25H20ClN3O2. The molecule has 0 bridgehead atoms. The lowest BCUT2D eigenvalue weighted by atomic mass is 9.70. The molecule has 5 nitrogen and oxygen atoms in total. The smallest absolute Gasteiger partial charge is 0.210 e. The van der Waals surface area contributed by atoms with Crippen molar-refractivity contribution in [2.24, 2.45) is 4.99 Å². The number of ether oxygens (including phenoxy) is 2. The van der Waals surface area contributed by atoms with Crippen LogP contribution < -0.4 is 9.47 Å². The van der Waals surface area contributed by atoms with Gasteiger partial charge in [-0.25, -0.2) is 4.99 Å². The van der Waals surface area contributed by atoms with Crippen LogP contribution in [0.5, 0.6) is 11.5 Å². The van der Waals surface area contributed by atoms with Crippen molar-refractivity contribution >= 4 is 23.1 Å². The van der Waals surface area contributed by atoms with Gasteiger partial charge in [0.25, 0.3) is 0 Å². The third kappa shape index (κ3) is 2.72. The summed E-state index contributed by atoms with van der Waals surface area (Å²) in [5, 5.41) is 10.6. The summed E-state index contributed by atoms with van der Waals surface area (Å²) >= 11 is 6.48. The number of fused-ring (bicyclic) bond motifs is 5. The fourth-order valence-electron chi connectivity index (χ4n) is 4.87. The largest absolute Gasteiger partial charge is 0.493 e. The summed E-state index contributed by atoms with van der Waals surface area (Å²) in [6, 6.07) is 22.2. The van der Waals surface area contributed by atoms with Crippen LogP contribution in [0, 0.1) is 11.3 Å². The Balaban J connectivity index is 1.95. The molecule has 0 fully saturated rings. The quantitative estimate of drug-likeness (QED) is 0.583. The van der Waals surface area contributed by atoms with Crippen molar-refractivity contribution in [1.29, 1.82) is 5.26 Å². The van der Waals surface area contributed by atoms with Crippen molar-refractivity contribution in [3.8, 4) is 17.6 Å². The second kappa shape index (κ2) is 7.33. The van der Waals surface area contributed by atoms with Crippen molar-refractivity contribution in [3.05, 3.63) is 87.9 Å². The molecule has 2 aliphatic rings. The van der Waals surface area contributed by atoms with Crippen LogP contribution in [0.15, 0.2) is 65.7 Å². The zero-order valence-electron chi connectivity index (χ0n) is 17.2. The average Bonchev–Trinajstić information content (AvgIpc) is 2.82. The summed E-state index contributed by atoms with van der Waals surface area (Å²) in [6.45, 7) is 0.635. The molecule has 31 heavy (non-hydrogen) atoms. The second-order valence-corrected chi connectivity index (χ2v) is 7.99. The molecule has 0 N–H and O–H groups in total. The Morgan fingerprint density at radius 2 is 1.74 bits per heavy atom. The highest BCUT2D eigenvalue weighted by molar-refractivity contribution is 6.30. The average molecular weight is 430 g/mol. The Hall–Kier alpha value is -3.49. The van der Waals surface area contributed by atoms with Crippen LogP contribution in [-0.4, -0.2) is 31.5 Å². The van der Waals surface area contributed by atoms with Gasteiger partial charge >= 0.3 is 0 Å². The maximum absolute atomic E-state index is 10.0. The van der Waals surface area contributed by atoms with E-state index in [4.69, 9.17) is 21.1 Å². The molecule has 5 rings (SSSR count). The van der Waals surface area contributed by atoms with E-state index in [-0.39, 0.29) is 0 Å². The Morgan fingerprint density at radius 1 is 1.00 bits per heavy atom. The highest BCUT2D eigenvalue weighted by atomic mass is 35.5. The van der Waals surface area contributed by atoms with Gasteiger partial charge in [-0.15, -0.1) is 0 Å². The molecule has 0 aromatic heterocycles. The van der Waals surface area contributed by atoms with Crippen LogP contribution in [0.1, 0.15) is 22.3 Å². The van der Waals surface area contributed by atoms with Crippen LogP contribution in [0.3, 0.4) is 0 Å². The molecule has 3 aromatic carbocycles. The minimum atomic E-state index is -0.762. The number of rotatable bonds is 3. The number of hydrogen-bond donors (Lipinski definition) is 0. The van der Waals surface area contributed by atoms with Gasteiger partial charge in [-0.05, 0) is 53.4 Å². The highest BCUT2D eigenvalue weighted by Crippen LogP contribution is 2.53. The second-order valence-electron chi connectivity index (χ2n) is 7.55. The molecule has 1 unspecified atom stereocenters. The number of methoxy groups -OCH3 is 2. The first-order chi connectivity index (χ1) is 15.1. The molecule has 2 heterocycles. The zero-order valence-corrected chi connectivity index (χ0v) is 18.0. The van der Waals surface area contributed by atoms with Gasteiger partial charge in [0.05, 0.1) is 19.9 Å². The molecule has 3 aromatic rings. The van der Waals surface area contributed by atoms with E-state index in [1.807, 2.05) is 48.5 Å². The van der Waals surface area contributed by atoms with E-state index in [0.29, 0.717) is 28.9 Å². The molecule has 0 spiro atoms. The van der Waals surface area contributed by atoms with Crippen LogP contribution in [0.25, 0.3) is 0 Å². The van der Waals surface area contributed by atoms with E-state index in [2.05, 4.69) is 28.1 Å². The van der Waals surface area contributed by atoms with Crippen LogP contribution in [0.2, 0.25) is 5.02 Å². The number of benzene rings is 3. The monoisotopic (exact) mass is 429 g/mol. The molecule has 2 aliphatic heterocycles. The van der Waals surface area contributed by atoms with Gasteiger partial charge in [-0.1, -0.05) is 41.9 Å². The standard InChI is InChI=1S/C25H20ClN3O2/c1-30-22-12-16-10-11-29-24(15-27)28-21-9-8-18(26)13-20(21)25(29,17-6-4-3-5-7-17)19(16)14-23(22)31-2/h3-9,12-14H,10-11H2,1-2H3. The lowest BCUT2D eigenvalue weighted by Gasteiger charge is -2.51. The number of amidine groups is 1. The molecular weight excluding hydrogens is 410 g/mol. The van der Waals surface area contributed by atoms with Gasteiger partial charge < -0.3 is 14.4 Å². The minimum Gasteiger partial charge on any atom is -0.493 e. The minimum absolute atomic E-state index is 0.388. The first kappa shape index (κ1) is 19.5. The molecule has 6 heteroatoms. The Labute approximate surface area is 186 Å². The van der Waals surface area contributed by atoms with E-state index in [1.54, 1.807) is 14.2 Å². The van der Waals surface area contributed by atoms with Crippen LogP contribution >= 0.6 is 11.6 Å². The zero-order chi connectivity index (χ0) is 21.6. The molecule has 0 radical (unpaired) electrons. The maximum Gasteiger partial charge on any atom is 0.210 e. The summed E-state index contributed by atoms with van der Waals surface area (Å²) in [5.41, 5.74) is 4.13. The summed E-state index contributed by atoms with van der Waals surface area (Å²) in [7, 11) is 3.27. The number of hydrogen-bond acceptors (Lipinski definition) is 5. The number of nitriles is 1. The first-order valence-electron chi connectivity index (χ1n) is 10.0. The Kier molecular flexibility index (Phi) is 4.60. The third-order valence-corrected chi connectivity index (χ3v) is 6.37.